The van der Waals surface area contributed by atoms with Crippen molar-refractivity contribution in [2.45, 2.75) is 17.2 Å². The van der Waals surface area contributed by atoms with Crippen molar-refractivity contribution in [1.29, 1.82) is 0 Å². The van der Waals surface area contributed by atoms with Gasteiger partial charge in [0, 0.05) is 0 Å². The highest BCUT2D eigenvalue weighted by Crippen LogP contribution is 2.25. The third-order valence-electron chi connectivity index (χ3n) is 1.50. The molecule has 2 nitrogen and oxygen atoms in total. The van der Waals surface area contributed by atoms with Gasteiger partial charge in [0.1, 0.15) is 6.10 Å². The van der Waals surface area contributed by atoms with Gasteiger partial charge in [-0.25, -0.2) is 0 Å². The fourth-order valence-corrected chi connectivity index (χ4v) is 1.48. The Labute approximate surface area is 62.0 Å². The van der Waals surface area contributed by atoms with Crippen LogP contribution in [-0.2, 0) is 9.47 Å². The van der Waals surface area contributed by atoms with Crippen LogP contribution in [0, 0.1) is 0 Å². The Hall–Kier alpha value is 0.140. The largest absolute Gasteiger partial charge is 0.348 e. The maximum atomic E-state index is 5.35. The van der Waals surface area contributed by atoms with Gasteiger partial charge >= 0.3 is 0 Å². The van der Waals surface area contributed by atoms with Crippen molar-refractivity contribution in [2.24, 2.45) is 0 Å². The van der Waals surface area contributed by atoms with Gasteiger partial charge < -0.3 is 9.47 Å². The van der Waals surface area contributed by atoms with Crippen LogP contribution in [-0.4, -0.2) is 23.8 Å². The van der Waals surface area contributed by atoms with Crippen LogP contribution in [0.2, 0.25) is 0 Å². The molecular weight excluding hydrogens is 184 g/mol. The van der Waals surface area contributed by atoms with E-state index in [-0.39, 0.29) is 17.2 Å². The maximum absolute atomic E-state index is 5.35. The molecule has 2 aliphatic rings. The molecule has 2 heterocycles. The molecular formula is C6H7BrO2. The zero-order chi connectivity index (χ0) is 6.27. The van der Waals surface area contributed by atoms with E-state index < -0.39 is 0 Å². The molecule has 3 heteroatoms. The van der Waals surface area contributed by atoms with E-state index in [1.165, 1.54) is 0 Å². The summed E-state index contributed by atoms with van der Waals surface area (Å²) >= 11 is 3.40. The lowest BCUT2D eigenvalue weighted by molar-refractivity contribution is -0.0466. The minimum Gasteiger partial charge on any atom is -0.348 e. The summed E-state index contributed by atoms with van der Waals surface area (Å²) in [5.74, 6) is 0. The number of rotatable bonds is 0. The summed E-state index contributed by atoms with van der Waals surface area (Å²) in [7, 11) is 0. The molecule has 2 aliphatic heterocycles. The van der Waals surface area contributed by atoms with Gasteiger partial charge in [-0.15, -0.1) is 0 Å². The number of fused-ring (bicyclic) bond motifs is 2. The standard InChI is InChI=1S/C6H7BrO2/c7-5-2-1-4-3-8-6(5)9-4/h1-2,4-6H,3H2. The van der Waals surface area contributed by atoms with E-state index in [2.05, 4.69) is 22.0 Å². The number of hydrogen-bond donors (Lipinski definition) is 0. The highest BCUT2D eigenvalue weighted by Gasteiger charge is 2.32. The Morgan fingerprint density at radius 2 is 2.33 bits per heavy atom. The van der Waals surface area contributed by atoms with E-state index in [9.17, 15) is 0 Å². The van der Waals surface area contributed by atoms with E-state index in [4.69, 9.17) is 9.47 Å². The van der Waals surface area contributed by atoms with Crippen molar-refractivity contribution in [3.05, 3.63) is 12.2 Å². The molecule has 0 aliphatic carbocycles. The molecule has 0 saturated carbocycles. The van der Waals surface area contributed by atoms with Crippen LogP contribution in [0.25, 0.3) is 0 Å². The number of hydrogen-bond acceptors (Lipinski definition) is 2. The van der Waals surface area contributed by atoms with Crippen LogP contribution in [0.3, 0.4) is 0 Å². The molecule has 0 spiro atoms. The van der Waals surface area contributed by atoms with Gasteiger partial charge in [0.05, 0.1) is 11.4 Å². The number of alkyl halides is 1. The second-order valence-electron chi connectivity index (χ2n) is 2.21. The highest BCUT2D eigenvalue weighted by atomic mass is 79.9. The summed E-state index contributed by atoms with van der Waals surface area (Å²) in [5, 5.41) is 0. The van der Waals surface area contributed by atoms with Crippen molar-refractivity contribution in [2.75, 3.05) is 6.61 Å². The van der Waals surface area contributed by atoms with E-state index in [0.29, 0.717) is 6.61 Å². The fourth-order valence-electron chi connectivity index (χ4n) is 1.03. The summed E-state index contributed by atoms with van der Waals surface area (Å²) in [6.07, 6.45) is 4.28. The summed E-state index contributed by atoms with van der Waals surface area (Å²) in [5.41, 5.74) is 0. The van der Waals surface area contributed by atoms with Crippen LogP contribution >= 0.6 is 15.9 Å². The predicted octanol–water partition coefficient (Wildman–Crippen LogP) is 1.06. The van der Waals surface area contributed by atoms with Crippen molar-refractivity contribution in [1.82, 2.24) is 0 Å². The number of halogens is 1. The van der Waals surface area contributed by atoms with Gasteiger partial charge in [-0.2, -0.15) is 0 Å². The fraction of sp³-hybridized carbons (Fsp3) is 0.667. The van der Waals surface area contributed by atoms with E-state index >= 15 is 0 Å². The Bertz CT molecular complexity index is 146. The van der Waals surface area contributed by atoms with E-state index in [0.717, 1.165) is 0 Å². The first-order chi connectivity index (χ1) is 4.36. The van der Waals surface area contributed by atoms with Gasteiger partial charge in [0.25, 0.3) is 0 Å². The van der Waals surface area contributed by atoms with Crippen LogP contribution in [0.5, 0.6) is 0 Å². The van der Waals surface area contributed by atoms with Crippen molar-refractivity contribution in [3.8, 4) is 0 Å². The maximum Gasteiger partial charge on any atom is 0.174 e. The third-order valence-corrected chi connectivity index (χ3v) is 2.24. The Morgan fingerprint density at radius 1 is 1.44 bits per heavy atom. The molecule has 1 fully saturated rings. The van der Waals surface area contributed by atoms with Gasteiger partial charge in [-0.05, 0) is 0 Å². The summed E-state index contributed by atoms with van der Waals surface area (Å²) < 4.78 is 10.6. The monoisotopic (exact) mass is 190 g/mol. The molecule has 2 bridgehead atoms. The van der Waals surface area contributed by atoms with Crippen LogP contribution in [0.15, 0.2) is 12.2 Å². The lowest BCUT2D eigenvalue weighted by Crippen LogP contribution is -2.23. The summed E-state index contributed by atoms with van der Waals surface area (Å²) in [6, 6.07) is 0. The van der Waals surface area contributed by atoms with Gasteiger partial charge in [0.15, 0.2) is 6.29 Å². The van der Waals surface area contributed by atoms with Crippen LogP contribution in [0.1, 0.15) is 0 Å². The molecule has 0 aromatic rings. The SMILES string of the molecule is BrC1C=CC2COC1O2. The topological polar surface area (TPSA) is 18.5 Å². The average molecular weight is 191 g/mol. The molecule has 3 atom stereocenters. The first kappa shape index (κ1) is 5.89. The summed E-state index contributed by atoms with van der Waals surface area (Å²) in [4.78, 5) is 0.247. The zero-order valence-electron chi connectivity index (χ0n) is 4.79. The second kappa shape index (κ2) is 2.08. The van der Waals surface area contributed by atoms with Crippen molar-refractivity contribution in [3.63, 3.8) is 0 Å². The first-order valence-corrected chi connectivity index (χ1v) is 3.87. The Kier molecular flexibility index (Phi) is 1.36. The van der Waals surface area contributed by atoms with Crippen LogP contribution in [0.4, 0.5) is 0 Å². The lowest BCUT2D eigenvalue weighted by Gasteiger charge is -2.16. The molecule has 0 radical (unpaired) electrons. The molecule has 0 aromatic heterocycles. The van der Waals surface area contributed by atoms with E-state index in [1.807, 2.05) is 6.08 Å². The minimum absolute atomic E-state index is 0.0417. The molecule has 50 valence electrons. The quantitative estimate of drug-likeness (QED) is 0.421. The number of ether oxygens (including phenoxy) is 2. The van der Waals surface area contributed by atoms with Crippen molar-refractivity contribution < 1.29 is 9.47 Å². The highest BCUT2D eigenvalue weighted by molar-refractivity contribution is 9.09. The molecule has 9 heavy (non-hydrogen) atoms. The molecule has 0 N–H and O–H groups in total. The van der Waals surface area contributed by atoms with Gasteiger partial charge in [0.2, 0.25) is 0 Å². The van der Waals surface area contributed by atoms with E-state index in [1.54, 1.807) is 0 Å². The van der Waals surface area contributed by atoms with Crippen molar-refractivity contribution >= 4 is 15.9 Å². The molecule has 2 rings (SSSR count). The average Bonchev–Trinajstić information content (AvgIpc) is 2.25. The molecule has 0 amide bonds. The summed E-state index contributed by atoms with van der Waals surface area (Å²) in [6.45, 7) is 0.712. The van der Waals surface area contributed by atoms with Gasteiger partial charge in [-0.3, -0.25) is 0 Å². The van der Waals surface area contributed by atoms with Crippen LogP contribution < -0.4 is 0 Å². The smallest absolute Gasteiger partial charge is 0.174 e. The molecule has 1 saturated heterocycles. The Morgan fingerprint density at radius 3 is 3.11 bits per heavy atom. The molecule has 3 unspecified atom stereocenters. The first-order valence-electron chi connectivity index (χ1n) is 2.96. The predicted molar refractivity (Wildman–Crippen MR) is 36.5 cm³/mol. The second-order valence-corrected chi connectivity index (χ2v) is 3.26. The zero-order valence-corrected chi connectivity index (χ0v) is 6.37. The third kappa shape index (κ3) is 0.933. The molecule has 0 aromatic carbocycles. The normalized spacial score (nSPS) is 47.9. The minimum atomic E-state index is -0.0417. The lowest BCUT2D eigenvalue weighted by atomic mass is 10.2. The Balaban J connectivity index is 2.19. The van der Waals surface area contributed by atoms with Gasteiger partial charge in [-0.1, -0.05) is 28.1 Å².